The molecular weight excluding hydrogens is 484 g/mol. The van der Waals surface area contributed by atoms with Gasteiger partial charge in [-0.05, 0) is 65.2 Å². The number of unbranched alkanes of at least 4 members (excludes halogenated alkanes) is 3. The van der Waals surface area contributed by atoms with E-state index in [1.807, 2.05) is 11.8 Å². The van der Waals surface area contributed by atoms with E-state index < -0.39 is 40.6 Å². The van der Waals surface area contributed by atoms with Crippen LogP contribution in [0.1, 0.15) is 93.4 Å². The summed E-state index contributed by atoms with van der Waals surface area (Å²) < 4.78 is 12.1. The van der Waals surface area contributed by atoms with E-state index in [2.05, 4.69) is 41.2 Å². The molecule has 0 aromatic heterocycles. The molecule has 8 heteroatoms. The van der Waals surface area contributed by atoms with E-state index in [1.54, 1.807) is 17.9 Å². The summed E-state index contributed by atoms with van der Waals surface area (Å²) in [5.41, 5.74) is -2.40. The standard InChI is InChI=1S/C30H50N2O6/c1-9-17-32(28(6,7)20-27(3,4)5)25(35)23-30-16-15-29(8,38-30)22(26(36)37-10-2)21(30)24(34)31(23)18-13-11-12-14-19-33/h9,21-23,33H,1,10-20H2,2-8H3/t21-,22-,23?,29+,30?/m0/s1. The van der Waals surface area contributed by atoms with Gasteiger partial charge in [-0.3, -0.25) is 14.4 Å². The number of aliphatic hydroxyl groups is 1. The number of rotatable bonds is 13. The van der Waals surface area contributed by atoms with Gasteiger partial charge in [-0.1, -0.05) is 39.7 Å². The Hall–Kier alpha value is -1.93. The van der Waals surface area contributed by atoms with Crippen LogP contribution in [0.4, 0.5) is 0 Å². The van der Waals surface area contributed by atoms with Crippen molar-refractivity contribution in [2.75, 3.05) is 26.3 Å². The maximum absolute atomic E-state index is 14.6. The van der Waals surface area contributed by atoms with E-state index in [9.17, 15) is 14.4 Å². The zero-order chi connectivity index (χ0) is 28.5. The average molecular weight is 535 g/mol. The number of hydrogen-bond donors (Lipinski definition) is 1. The van der Waals surface area contributed by atoms with Crippen molar-refractivity contribution in [2.24, 2.45) is 17.3 Å². The van der Waals surface area contributed by atoms with Gasteiger partial charge in [0.05, 0.1) is 18.1 Å². The molecule has 3 saturated heterocycles. The summed E-state index contributed by atoms with van der Waals surface area (Å²) >= 11 is 0. The Bertz CT molecular complexity index is 911. The normalized spacial score (nSPS) is 30.5. The van der Waals surface area contributed by atoms with E-state index in [0.29, 0.717) is 38.8 Å². The minimum Gasteiger partial charge on any atom is -0.466 e. The van der Waals surface area contributed by atoms with Crippen LogP contribution >= 0.6 is 0 Å². The summed E-state index contributed by atoms with van der Waals surface area (Å²) in [4.78, 5) is 45.5. The zero-order valence-electron chi connectivity index (χ0n) is 24.7. The number of carbonyl (C=O) groups excluding carboxylic acids is 3. The molecule has 0 aromatic carbocycles. The van der Waals surface area contributed by atoms with Gasteiger partial charge in [-0.25, -0.2) is 0 Å². The molecule has 3 heterocycles. The fraction of sp³-hybridized carbons (Fsp3) is 0.833. The second kappa shape index (κ2) is 11.3. The molecule has 1 spiro atoms. The van der Waals surface area contributed by atoms with Gasteiger partial charge in [0.2, 0.25) is 11.8 Å². The molecule has 1 N–H and O–H groups in total. The predicted octanol–water partition coefficient (Wildman–Crippen LogP) is 4.10. The Morgan fingerprint density at radius 3 is 2.42 bits per heavy atom. The minimum absolute atomic E-state index is 0.0211. The Balaban J connectivity index is 2.04. The third kappa shape index (κ3) is 5.53. The fourth-order valence-electron chi connectivity index (χ4n) is 7.59. The van der Waals surface area contributed by atoms with Crippen LogP contribution in [0.2, 0.25) is 0 Å². The molecule has 216 valence electrons. The molecule has 5 atom stereocenters. The van der Waals surface area contributed by atoms with Crippen molar-refractivity contribution in [1.29, 1.82) is 0 Å². The van der Waals surface area contributed by atoms with E-state index in [0.717, 1.165) is 19.3 Å². The molecule has 0 aromatic rings. The highest BCUT2D eigenvalue weighted by atomic mass is 16.6. The first kappa shape index (κ1) is 30.6. The van der Waals surface area contributed by atoms with Crippen LogP contribution in [-0.2, 0) is 23.9 Å². The van der Waals surface area contributed by atoms with Crippen molar-refractivity contribution < 1.29 is 29.0 Å². The van der Waals surface area contributed by atoms with E-state index in [-0.39, 0.29) is 30.4 Å². The van der Waals surface area contributed by atoms with E-state index in [1.165, 1.54) is 0 Å². The van der Waals surface area contributed by atoms with E-state index in [4.69, 9.17) is 14.6 Å². The first-order chi connectivity index (χ1) is 17.7. The molecule has 8 nitrogen and oxygen atoms in total. The Morgan fingerprint density at radius 2 is 1.84 bits per heavy atom. The number of aliphatic hydroxyl groups excluding tert-OH is 1. The third-order valence-electron chi connectivity index (χ3n) is 8.63. The lowest BCUT2D eigenvalue weighted by molar-refractivity contribution is -0.161. The molecule has 3 fully saturated rings. The van der Waals surface area contributed by atoms with Crippen molar-refractivity contribution in [1.82, 2.24) is 9.80 Å². The van der Waals surface area contributed by atoms with Crippen molar-refractivity contribution in [3.8, 4) is 0 Å². The predicted molar refractivity (Wildman–Crippen MR) is 146 cm³/mol. The topological polar surface area (TPSA) is 96.4 Å². The number of likely N-dealkylation sites (tertiary alicyclic amines) is 1. The first-order valence-electron chi connectivity index (χ1n) is 14.4. The minimum atomic E-state index is -1.05. The number of carbonyl (C=O) groups is 3. The number of fused-ring (bicyclic) bond motifs is 1. The molecule has 2 amide bonds. The fourth-order valence-corrected chi connectivity index (χ4v) is 7.59. The molecule has 3 aliphatic heterocycles. The lowest BCUT2D eigenvalue weighted by Crippen LogP contribution is -2.61. The highest BCUT2D eigenvalue weighted by molar-refractivity contribution is 5.98. The quantitative estimate of drug-likeness (QED) is 0.217. The summed E-state index contributed by atoms with van der Waals surface area (Å²) in [6.45, 7) is 19.3. The van der Waals surface area contributed by atoms with Crippen LogP contribution in [0.3, 0.4) is 0 Å². The number of hydrogen-bond acceptors (Lipinski definition) is 6. The summed E-state index contributed by atoms with van der Waals surface area (Å²) in [5.74, 6) is -2.20. The smallest absolute Gasteiger partial charge is 0.312 e. The SMILES string of the molecule is C=CCN(C(=O)C1N(CCCCCCO)C(=O)[C@@H]2[C@@H](C(=O)OCC)[C@@]3(C)CCC12O3)C(C)(C)CC(C)(C)C. The lowest BCUT2D eigenvalue weighted by Gasteiger charge is -2.45. The van der Waals surface area contributed by atoms with Gasteiger partial charge < -0.3 is 24.4 Å². The Labute approximate surface area is 229 Å². The Morgan fingerprint density at radius 1 is 1.18 bits per heavy atom. The summed E-state index contributed by atoms with van der Waals surface area (Å²) in [7, 11) is 0. The summed E-state index contributed by atoms with van der Waals surface area (Å²) in [5, 5.41) is 9.15. The van der Waals surface area contributed by atoms with Crippen LogP contribution in [0, 0.1) is 17.3 Å². The van der Waals surface area contributed by atoms with Gasteiger partial charge in [0.25, 0.3) is 0 Å². The van der Waals surface area contributed by atoms with Crippen molar-refractivity contribution >= 4 is 17.8 Å². The van der Waals surface area contributed by atoms with Crippen LogP contribution < -0.4 is 0 Å². The van der Waals surface area contributed by atoms with Crippen LogP contribution in [0.15, 0.2) is 12.7 Å². The van der Waals surface area contributed by atoms with Gasteiger partial charge in [0.1, 0.15) is 17.6 Å². The molecular formula is C30H50N2O6. The first-order valence-corrected chi connectivity index (χ1v) is 14.4. The molecule has 0 aliphatic carbocycles. The molecule has 2 unspecified atom stereocenters. The molecule has 38 heavy (non-hydrogen) atoms. The lowest BCUT2D eigenvalue weighted by atomic mass is 9.66. The molecule has 2 bridgehead atoms. The molecule has 3 aliphatic rings. The average Bonchev–Trinajstić information content (AvgIpc) is 3.36. The van der Waals surface area contributed by atoms with Crippen LogP contribution in [-0.4, -0.2) is 81.8 Å². The van der Waals surface area contributed by atoms with Gasteiger partial charge >= 0.3 is 5.97 Å². The zero-order valence-corrected chi connectivity index (χ0v) is 24.7. The van der Waals surface area contributed by atoms with Crippen molar-refractivity contribution in [3.63, 3.8) is 0 Å². The van der Waals surface area contributed by atoms with Gasteiger partial charge in [-0.2, -0.15) is 0 Å². The number of esters is 1. The monoisotopic (exact) mass is 534 g/mol. The van der Waals surface area contributed by atoms with Crippen LogP contribution in [0.5, 0.6) is 0 Å². The maximum Gasteiger partial charge on any atom is 0.312 e. The highest BCUT2D eigenvalue weighted by Crippen LogP contribution is 2.63. The molecule has 0 radical (unpaired) electrons. The van der Waals surface area contributed by atoms with Crippen molar-refractivity contribution in [2.45, 2.75) is 116 Å². The number of amides is 2. The molecule has 3 rings (SSSR count). The van der Waals surface area contributed by atoms with Gasteiger partial charge in [0, 0.05) is 25.2 Å². The van der Waals surface area contributed by atoms with Gasteiger partial charge in [0.15, 0.2) is 0 Å². The summed E-state index contributed by atoms with van der Waals surface area (Å²) in [6, 6.07) is -0.807. The largest absolute Gasteiger partial charge is 0.466 e. The third-order valence-corrected chi connectivity index (χ3v) is 8.63. The van der Waals surface area contributed by atoms with Gasteiger partial charge in [-0.15, -0.1) is 6.58 Å². The second-order valence-corrected chi connectivity index (χ2v) is 13.4. The molecule has 0 saturated carbocycles. The number of nitrogens with zero attached hydrogens (tertiary/aromatic N) is 2. The second-order valence-electron chi connectivity index (χ2n) is 13.4. The van der Waals surface area contributed by atoms with Crippen molar-refractivity contribution in [3.05, 3.63) is 12.7 Å². The highest BCUT2D eigenvalue weighted by Gasteiger charge is 2.78. The Kier molecular flexibility index (Phi) is 9.09. The number of ether oxygens (including phenoxy) is 2. The van der Waals surface area contributed by atoms with Crippen LogP contribution in [0.25, 0.3) is 0 Å². The van der Waals surface area contributed by atoms with E-state index >= 15 is 0 Å². The summed E-state index contributed by atoms with van der Waals surface area (Å²) in [6.07, 6.45) is 6.78. The maximum atomic E-state index is 14.6.